The number of fused-ring (bicyclic) bond motifs is 1. The lowest BCUT2D eigenvalue weighted by molar-refractivity contribution is -0.117. The number of rotatable bonds is 6. The third-order valence-corrected chi connectivity index (χ3v) is 4.74. The molecule has 0 saturated heterocycles. The number of amides is 1. The second-order valence-corrected chi connectivity index (χ2v) is 6.99. The van der Waals surface area contributed by atoms with E-state index >= 15 is 0 Å². The average molecular weight is 354 g/mol. The molecular weight excluding hydrogens is 332 g/mol. The zero-order valence-electron chi connectivity index (χ0n) is 14.4. The summed E-state index contributed by atoms with van der Waals surface area (Å²) >= 11 is 1.69. The van der Waals surface area contributed by atoms with Crippen molar-refractivity contribution < 1.29 is 4.79 Å². The number of carbonyl (C=O) groups excluding carboxylic acids is 1. The van der Waals surface area contributed by atoms with E-state index in [0.29, 0.717) is 6.42 Å². The molecule has 0 saturated carbocycles. The second kappa shape index (κ2) is 7.72. The van der Waals surface area contributed by atoms with Crippen molar-refractivity contribution in [2.75, 3.05) is 17.3 Å². The van der Waals surface area contributed by atoms with Crippen LogP contribution in [0.5, 0.6) is 0 Å². The molecule has 0 unspecified atom stereocenters. The van der Waals surface area contributed by atoms with Gasteiger partial charge in [0.15, 0.2) is 0 Å². The fraction of sp³-hybridized carbons (Fsp3) is 0.263. The largest absolute Gasteiger partial charge is 0.325 e. The number of nitrogens with one attached hydrogen (secondary N) is 1. The summed E-state index contributed by atoms with van der Waals surface area (Å²) in [4.78, 5) is 16.8. The maximum Gasteiger partial charge on any atom is 0.241 e. The number of aryl methyl sites for hydroxylation is 1. The Morgan fingerprint density at radius 3 is 2.76 bits per heavy atom. The molecule has 0 aliphatic heterocycles. The van der Waals surface area contributed by atoms with Gasteiger partial charge in [-0.05, 0) is 49.1 Å². The van der Waals surface area contributed by atoms with E-state index in [9.17, 15) is 4.79 Å². The zero-order valence-corrected chi connectivity index (χ0v) is 15.2. The standard InChI is InChI=1S/C19H22N4OS/c1-13-4-3-10-23-12-17(22-18(13)23)14-5-7-15(8-6-14)21-19(24)16(20)9-11-25-2/h3-8,10,12,16H,9,11,20H2,1-2H3,(H,21,24)/t16-/m0/s1. The molecule has 0 bridgehead atoms. The van der Waals surface area contributed by atoms with Crippen molar-refractivity contribution in [2.24, 2.45) is 5.73 Å². The molecule has 3 N–H and O–H groups in total. The first-order valence-corrected chi connectivity index (χ1v) is 9.58. The minimum Gasteiger partial charge on any atom is -0.325 e. The molecule has 6 heteroatoms. The Balaban J connectivity index is 1.73. The highest BCUT2D eigenvalue weighted by molar-refractivity contribution is 7.98. The van der Waals surface area contributed by atoms with Crippen LogP contribution in [0.25, 0.3) is 16.9 Å². The molecule has 2 aromatic heterocycles. The van der Waals surface area contributed by atoms with Crippen molar-refractivity contribution in [3.05, 3.63) is 54.4 Å². The van der Waals surface area contributed by atoms with Crippen molar-refractivity contribution in [3.8, 4) is 11.3 Å². The van der Waals surface area contributed by atoms with Crippen molar-refractivity contribution in [3.63, 3.8) is 0 Å². The lowest BCUT2D eigenvalue weighted by Crippen LogP contribution is -2.36. The van der Waals surface area contributed by atoms with Gasteiger partial charge in [0.05, 0.1) is 11.7 Å². The van der Waals surface area contributed by atoms with Crippen LogP contribution in [0.4, 0.5) is 5.69 Å². The van der Waals surface area contributed by atoms with E-state index in [1.807, 2.05) is 66.4 Å². The topological polar surface area (TPSA) is 72.4 Å². The molecule has 1 atom stereocenters. The van der Waals surface area contributed by atoms with E-state index in [1.54, 1.807) is 11.8 Å². The van der Waals surface area contributed by atoms with Gasteiger partial charge in [0.25, 0.3) is 0 Å². The van der Waals surface area contributed by atoms with E-state index in [4.69, 9.17) is 5.73 Å². The second-order valence-electron chi connectivity index (χ2n) is 6.00. The SMILES string of the molecule is CSCC[C@H](N)C(=O)Nc1ccc(-c2cn3cccc(C)c3n2)cc1. The number of aromatic nitrogens is 2. The number of thioether (sulfide) groups is 1. The highest BCUT2D eigenvalue weighted by Crippen LogP contribution is 2.22. The van der Waals surface area contributed by atoms with Crippen molar-refractivity contribution in [1.82, 2.24) is 9.38 Å². The van der Waals surface area contributed by atoms with Gasteiger partial charge in [-0.1, -0.05) is 18.2 Å². The van der Waals surface area contributed by atoms with Crippen LogP contribution < -0.4 is 11.1 Å². The fourth-order valence-corrected chi connectivity index (χ4v) is 3.12. The maximum absolute atomic E-state index is 12.1. The Bertz CT molecular complexity index is 873. The van der Waals surface area contributed by atoms with Gasteiger partial charge in [-0.2, -0.15) is 11.8 Å². The van der Waals surface area contributed by atoms with Gasteiger partial charge in [-0.25, -0.2) is 4.98 Å². The summed E-state index contributed by atoms with van der Waals surface area (Å²) in [6.07, 6.45) is 6.67. The third kappa shape index (κ3) is 4.03. The van der Waals surface area contributed by atoms with E-state index < -0.39 is 6.04 Å². The predicted molar refractivity (Wildman–Crippen MR) is 105 cm³/mol. The normalized spacial score (nSPS) is 12.3. The van der Waals surface area contributed by atoms with Gasteiger partial charge >= 0.3 is 0 Å². The molecule has 25 heavy (non-hydrogen) atoms. The number of benzene rings is 1. The maximum atomic E-state index is 12.1. The van der Waals surface area contributed by atoms with Crippen LogP contribution in [-0.4, -0.2) is 33.3 Å². The van der Waals surface area contributed by atoms with Crippen LogP contribution in [-0.2, 0) is 4.79 Å². The lowest BCUT2D eigenvalue weighted by atomic mass is 10.1. The zero-order chi connectivity index (χ0) is 17.8. The summed E-state index contributed by atoms with van der Waals surface area (Å²) in [6, 6.07) is 11.3. The molecule has 0 aliphatic carbocycles. The summed E-state index contributed by atoms with van der Waals surface area (Å²) in [7, 11) is 0. The molecule has 0 spiro atoms. The van der Waals surface area contributed by atoms with Crippen LogP contribution >= 0.6 is 11.8 Å². The number of carbonyl (C=O) groups is 1. The molecule has 130 valence electrons. The van der Waals surface area contributed by atoms with Gasteiger partial charge < -0.3 is 15.5 Å². The van der Waals surface area contributed by atoms with Crippen LogP contribution in [0.2, 0.25) is 0 Å². The van der Waals surface area contributed by atoms with E-state index in [-0.39, 0.29) is 5.91 Å². The third-order valence-electron chi connectivity index (χ3n) is 4.10. The first kappa shape index (κ1) is 17.5. The monoisotopic (exact) mass is 354 g/mol. The molecule has 1 aromatic carbocycles. The molecule has 3 rings (SSSR count). The molecule has 0 aliphatic rings. The Labute approximate surface area is 151 Å². The highest BCUT2D eigenvalue weighted by atomic mass is 32.2. The number of hydrogen-bond acceptors (Lipinski definition) is 4. The van der Waals surface area contributed by atoms with Crippen LogP contribution in [0, 0.1) is 6.92 Å². The molecule has 5 nitrogen and oxygen atoms in total. The first-order chi connectivity index (χ1) is 12.1. The quantitative estimate of drug-likeness (QED) is 0.712. The molecule has 0 radical (unpaired) electrons. The first-order valence-electron chi connectivity index (χ1n) is 8.18. The van der Waals surface area contributed by atoms with Gasteiger partial charge in [-0.3, -0.25) is 4.79 Å². The predicted octanol–water partition coefficient (Wildman–Crippen LogP) is 3.33. The number of hydrogen-bond donors (Lipinski definition) is 2. The van der Waals surface area contributed by atoms with Crippen LogP contribution in [0.15, 0.2) is 48.8 Å². The minimum atomic E-state index is -0.478. The summed E-state index contributed by atoms with van der Waals surface area (Å²) in [6.45, 7) is 2.05. The summed E-state index contributed by atoms with van der Waals surface area (Å²) < 4.78 is 2.02. The molecule has 2 heterocycles. The van der Waals surface area contributed by atoms with Crippen molar-refractivity contribution >= 4 is 29.0 Å². The Kier molecular flexibility index (Phi) is 5.40. The number of nitrogens with zero attached hydrogens (tertiary/aromatic N) is 2. The number of nitrogens with two attached hydrogens (primary N) is 1. The Morgan fingerprint density at radius 1 is 1.32 bits per heavy atom. The van der Waals surface area contributed by atoms with Crippen LogP contribution in [0.3, 0.4) is 0 Å². The van der Waals surface area contributed by atoms with E-state index in [2.05, 4.69) is 10.3 Å². The molecule has 3 aromatic rings. The van der Waals surface area contributed by atoms with Gasteiger partial charge in [-0.15, -0.1) is 0 Å². The lowest BCUT2D eigenvalue weighted by Gasteiger charge is -2.11. The Hall–Kier alpha value is -2.31. The number of imidazole rings is 1. The van der Waals surface area contributed by atoms with Gasteiger partial charge in [0, 0.05) is 23.6 Å². The van der Waals surface area contributed by atoms with Gasteiger partial charge in [0.2, 0.25) is 5.91 Å². The number of anilines is 1. The average Bonchev–Trinajstić information content (AvgIpc) is 3.06. The smallest absolute Gasteiger partial charge is 0.241 e. The minimum absolute atomic E-state index is 0.148. The Morgan fingerprint density at radius 2 is 2.08 bits per heavy atom. The fourth-order valence-electron chi connectivity index (χ4n) is 2.63. The van der Waals surface area contributed by atoms with E-state index in [1.165, 1.54) is 0 Å². The summed E-state index contributed by atoms with van der Waals surface area (Å²) in [5.41, 5.74) is 10.6. The molecule has 1 amide bonds. The van der Waals surface area contributed by atoms with Gasteiger partial charge in [0.1, 0.15) is 5.65 Å². The summed E-state index contributed by atoms with van der Waals surface area (Å²) in [5, 5.41) is 2.87. The molecule has 0 fully saturated rings. The van der Waals surface area contributed by atoms with Crippen molar-refractivity contribution in [2.45, 2.75) is 19.4 Å². The highest BCUT2D eigenvalue weighted by Gasteiger charge is 2.13. The number of pyridine rings is 1. The van der Waals surface area contributed by atoms with Crippen molar-refractivity contribution in [1.29, 1.82) is 0 Å². The summed E-state index contributed by atoms with van der Waals surface area (Å²) in [5.74, 6) is 0.728. The van der Waals surface area contributed by atoms with E-state index in [0.717, 1.165) is 33.9 Å². The molecular formula is C19H22N4OS. The van der Waals surface area contributed by atoms with Crippen LogP contribution in [0.1, 0.15) is 12.0 Å².